The number of hydrogen-bond donors (Lipinski definition) is 0. The number of hydrogen-bond acceptors (Lipinski definition) is 4. The summed E-state index contributed by atoms with van der Waals surface area (Å²) < 4.78 is 7.37. The van der Waals surface area contributed by atoms with Crippen molar-refractivity contribution in [3.05, 3.63) is 46.2 Å². The predicted octanol–water partition coefficient (Wildman–Crippen LogP) is 3.39. The van der Waals surface area contributed by atoms with Crippen LogP contribution in [0, 0.1) is 27.7 Å². The molecule has 0 bridgehead atoms. The van der Waals surface area contributed by atoms with Gasteiger partial charge in [0.15, 0.2) is 5.65 Å². The molecule has 0 aliphatic heterocycles. The van der Waals surface area contributed by atoms with Crippen LogP contribution in [0.2, 0.25) is 0 Å². The predicted molar refractivity (Wildman–Crippen MR) is 101 cm³/mol. The maximum Gasteiger partial charge on any atom is 0.223 e. The van der Waals surface area contributed by atoms with E-state index in [2.05, 4.69) is 12.0 Å². The van der Waals surface area contributed by atoms with E-state index in [0.29, 0.717) is 19.4 Å². The molecule has 0 aromatic carbocycles. The monoisotopic (exact) mass is 354 g/mol. The molecule has 1 amide bonds. The van der Waals surface area contributed by atoms with Gasteiger partial charge < -0.3 is 9.32 Å². The van der Waals surface area contributed by atoms with Crippen molar-refractivity contribution in [3.63, 3.8) is 0 Å². The van der Waals surface area contributed by atoms with Crippen molar-refractivity contribution in [2.24, 2.45) is 7.05 Å². The van der Waals surface area contributed by atoms with E-state index in [1.54, 1.807) is 4.90 Å². The smallest absolute Gasteiger partial charge is 0.223 e. The van der Waals surface area contributed by atoms with Gasteiger partial charge in [-0.15, -0.1) is 0 Å². The summed E-state index contributed by atoms with van der Waals surface area (Å²) in [5.74, 6) is 1.76. The quantitative estimate of drug-likeness (QED) is 0.704. The van der Waals surface area contributed by atoms with Crippen molar-refractivity contribution in [2.75, 3.05) is 7.05 Å². The highest BCUT2D eigenvalue weighted by atomic mass is 16.3. The fourth-order valence-corrected chi connectivity index (χ4v) is 3.55. The SMILES string of the molecule is Cc1ccc(CN(C)C(=O)CCc2c(C)nc3c(c(C)nn3C)c2C)o1. The van der Waals surface area contributed by atoms with E-state index in [0.717, 1.165) is 39.5 Å². The van der Waals surface area contributed by atoms with E-state index in [-0.39, 0.29) is 5.91 Å². The van der Waals surface area contributed by atoms with Gasteiger partial charge in [-0.2, -0.15) is 5.10 Å². The van der Waals surface area contributed by atoms with Gasteiger partial charge in [-0.25, -0.2) is 4.98 Å². The molecule has 0 radical (unpaired) electrons. The van der Waals surface area contributed by atoms with Gasteiger partial charge in [0, 0.05) is 31.6 Å². The Morgan fingerprint density at radius 3 is 2.58 bits per heavy atom. The molecule has 0 atom stereocenters. The first-order chi connectivity index (χ1) is 12.3. The molecule has 0 unspecified atom stereocenters. The van der Waals surface area contributed by atoms with Crippen molar-refractivity contribution in [3.8, 4) is 0 Å². The van der Waals surface area contributed by atoms with Crippen molar-refractivity contribution in [1.29, 1.82) is 0 Å². The van der Waals surface area contributed by atoms with Crippen LogP contribution in [0.4, 0.5) is 0 Å². The van der Waals surface area contributed by atoms with E-state index in [4.69, 9.17) is 9.40 Å². The molecule has 3 heterocycles. The Labute approximate surface area is 153 Å². The second-order valence-corrected chi connectivity index (χ2v) is 6.97. The Hall–Kier alpha value is -2.63. The van der Waals surface area contributed by atoms with Gasteiger partial charge in [-0.1, -0.05) is 0 Å². The Balaban J connectivity index is 1.74. The zero-order valence-electron chi connectivity index (χ0n) is 16.4. The number of fused-ring (bicyclic) bond motifs is 1. The molecule has 0 N–H and O–H groups in total. The molecule has 3 aromatic rings. The van der Waals surface area contributed by atoms with Crippen molar-refractivity contribution >= 4 is 16.9 Å². The van der Waals surface area contributed by atoms with Gasteiger partial charge in [0.1, 0.15) is 11.5 Å². The summed E-state index contributed by atoms with van der Waals surface area (Å²) in [6, 6.07) is 3.83. The summed E-state index contributed by atoms with van der Waals surface area (Å²) in [7, 11) is 3.72. The third-order valence-electron chi connectivity index (χ3n) is 4.93. The summed E-state index contributed by atoms with van der Waals surface area (Å²) in [4.78, 5) is 19.0. The number of carbonyl (C=O) groups is 1. The Kier molecular flexibility index (Phi) is 4.85. The lowest BCUT2D eigenvalue weighted by Gasteiger charge is -2.17. The van der Waals surface area contributed by atoms with Crippen LogP contribution in [0.15, 0.2) is 16.5 Å². The second kappa shape index (κ2) is 6.94. The minimum atomic E-state index is 0.0980. The van der Waals surface area contributed by atoms with Crippen LogP contribution in [0.25, 0.3) is 11.0 Å². The van der Waals surface area contributed by atoms with Crippen molar-refractivity contribution in [1.82, 2.24) is 19.7 Å². The highest BCUT2D eigenvalue weighted by molar-refractivity contribution is 5.84. The average Bonchev–Trinajstić information content (AvgIpc) is 3.09. The summed E-state index contributed by atoms with van der Waals surface area (Å²) >= 11 is 0. The van der Waals surface area contributed by atoms with Crippen LogP contribution in [0.3, 0.4) is 0 Å². The highest BCUT2D eigenvalue weighted by Gasteiger charge is 2.17. The maximum absolute atomic E-state index is 12.5. The van der Waals surface area contributed by atoms with Crippen LogP contribution in [0.5, 0.6) is 0 Å². The summed E-state index contributed by atoms with van der Waals surface area (Å²) in [6.45, 7) is 8.50. The van der Waals surface area contributed by atoms with E-state index in [9.17, 15) is 4.79 Å². The first-order valence-electron chi connectivity index (χ1n) is 8.86. The number of aryl methyl sites for hydroxylation is 5. The Bertz CT molecular complexity index is 968. The first kappa shape index (κ1) is 18.2. The number of amides is 1. The van der Waals surface area contributed by atoms with E-state index < -0.39 is 0 Å². The molecule has 26 heavy (non-hydrogen) atoms. The Morgan fingerprint density at radius 1 is 1.19 bits per heavy atom. The summed E-state index contributed by atoms with van der Waals surface area (Å²) in [5.41, 5.74) is 5.16. The van der Waals surface area contributed by atoms with Gasteiger partial charge >= 0.3 is 0 Å². The molecule has 6 heteroatoms. The molecule has 138 valence electrons. The summed E-state index contributed by atoms with van der Waals surface area (Å²) in [6.07, 6.45) is 1.12. The number of rotatable bonds is 5. The molecule has 3 rings (SSSR count). The molecule has 0 aliphatic carbocycles. The van der Waals surface area contributed by atoms with Crippen LogP contribution in [0.1, 0.15) is 40.5 Å². The molecular weight excluding hydrogens is 328 g/mol. The lowest BCUT2D eigenvalue weighted by molar-refractivity contribution is -0.130. The van der Waals surface area contributed by atoms with Crippen LogP contribution < -0.4 is 0 Å². The van der Waals surface area contributed by atoms with Gasteiger partial charge in [0.05, 0.1) is 12.2 Å². The molecular formula is C20H26N4O2. The van der Waals surface area contributed by atoms with Crippen molar-refractivity contribution < 1.29 is 9.21 Å². The number of carbonyl (C=O) groups excluding carboxylic acids is 1. The topological polar surface area (TPSA) is 64.2 Å². The zero-order valence-corrected chi connectivity index (χ0v) is 16.4. The largest absolute Gasteiger partial charge is 0.464 e. The number of nitrogens with zero attached hydrogens (tertiary/aromatic N) is 4. The molecule has 3 aromatic heterocycles. The molecule has 0 spiro atoms. The highest BCUT2D eigenvalue weighted by Crippen LogP contribution is 2.26. The standard InChI is InChI=1S/C20H26N4O2/c1-12-7-8-16(26-12)11-23(5)18(25)10-9-17-13(2)19-15(4)22-24(6)20(19)21-14(17)3/h7-8H,9-11H2,1-6H3. The average molecular weight is 354 g/mol. The molecule has 0 saturated carbocycles. The number of pyridine rings is 1. The van der Waals surface area contributed by atoms with Gasteiger partial charge in [0.2, 0.25) is 5.91 Å². The van der Waals surface area contributed by atoms with Gasteiger partial charge in [-0.05, 0) is 57.4 Å². The first-order valence-corrected chi connectivity index (χ1v) is 8.86. The lowest BCUT2D eigenvalue weighted by Crippen LogP contribution is -2.26. The maximum atomic E-state index is 12.5. The number of furan rings is 1. The minimum absolute atomic E-state index is 0.0980. The molecule has 0 saturated heterocycles. The lowest BCUT2D eigenvalue weighted by atomic mass is 9.99. The third-order valence-corrected chi connectivity index (χ3v) is 4.93. The van der Waals surface area contributed by atoms with Crippen LogP contribution in [-0.2, 0) is 24.8 Å². The van der Waals surface area contributed by atoms with E-state index >= 15 is 0 Å². The van der Waals surface area contributed by atoms with Crippen LogP contribution in [-0.4, -0.2) is 32.6 Å². The van der Waals surface area contributed by atoms with Crippen LogP contribution >= 0.6 is 0 Å². The fourth-order valence-electron chi connectivity index (χ4n) is 3.55. The normalized spacial score (nSPS) is 11.3. The summed E-state index contributed by atoms with van der Waals surface area (Å²) in [5, 5.41) is 5.57. The third kappa shape index (κ3) is 3.36. The van der Waals surface area contributed by atoms with Gasteiger partial charge in [-0.3, -0.25) is 9.48 Å². The van der Waals surface area contributed by atoms with E-state index in [1.807, 2.05) is 51.7 Å². The van der Waals surface area contributed by atoms with Gasteiger partial charge in [0.25, 0.3) is 0 Å². The minimum Gasteiger partial charge on any atom is -0.464 e. The zero-order chi connectivity index (χ0) is 19.0. The Morgan fingerprint density at radius 2 is 1.92 bits per heavy atom. The second-order valence-electron chi connectivity index (χ2n) is 6.97. The molecule has 6 nitrogen and oxygen atoms in total. The molecule has 0 fully saturated rings. The molecule has 0 aliphatic rings. The van der Waals surface area contributed by atoms with E-state index in [1.165, 1.54) is 5.56 Å². The fraction of sp³-hybridized carbons (Fsp3) is 0.450. The number of aromatic nitrogens is 3. The van der Waals surface area contributed by atoms with Crippen molar-refractivity contribution in [2.45, 2.75) is 47.1 Å².